The maximum absolute atomic E-state index is 12.6. The van der Waals surface area contributed by atoms with E-state index in [1.54, 1.807) is 5.38 Å². The van der Waals surface area contributed by atoms with Gasteiger partial charge < -0.3 is 20.6 Å². The van der Waals surface area contributed by atoms with Crippen LogP contribution < -0.4 is 10.6 Å². The van der Waals surface area contributed by atoms with Crippen LogP contribution in [0, 0.1) is 0 Å². The van der Waals surface area contributed by atoms with Crippen LogP contribution in [0.25, 0.3) is 0 Å². The lowest BCUT2D eigenvalue weighted by molar-refractivity contribution is 0.102. The third kappa shape index (κ3) is 6.23. The van der Waals surface area contributed by atoms with E-state index in [1.807, 2.05) is 4.90 Å². The normalized spacial score (nSPS) is 16.8. The number of anilines is 1. The molecule has 182 valence electrons. The number of allylic oxidation sites excluding steroid dienone is 1. The molecule has 1 aromatic carbocycles. The first-order valence-corrected chi connectivity index (χ1v) is 13.2. The van der Waals surface area contributed by atoms with Crippen molar-refractivity contribution in [3.05, 3.63) is 49.9 Å². The summed E-state index contributed by atoms with van der Waals surface area (Å²) in [6.45, 7) is 2.03. The number of nitrogens with one attached hydrogen (secondary N) is 2. The van der Waals surface area contributed by atoms with E-state index >= 15 is 0 Å². The Morgan fingerprint density at radius 3 is 2.59 bits per heavy atom. The third-order valence-electron chi connectivity index (χ3n) is 6.27. The number of likely N-dealkylation sites (tertiary alicyclic amines) is 1. The number of rotatable bonds is 6. The molecular weight excluding hydrogens is 495 g/mol. The van der Waals surface area contributed by atoms with Crippen LogP contribution in [0.15, 0.2) is 29.2 Å². The molecule has 7 nitrogen and oxygen atoms in total. The summed E-state index contributed by atoms with van der Waals surface area (Å²) in [6.07, 6.45) is 9.74. The summed E-state index contributed by atoms with van der Waals surface area (Å²) in [6, 6.07) is 2.86. The minimum absolute atomic E-state index is 0.000263. The van der Waals surface area contributed by atoms with Gasteiger partial charge in [-0.15, -0.1) is 11.3 Å². The van der Waals surface area contributed by atoms with Gasteiger partial charge in [-0.05, 0) is 57.1 Å². The van der Waals surface area contributed by atoms with Crippen molar-refractivity contribution in [2.45, 2.75) is 50.9 Å². The zero-order chi connectivity index (χ0) is 24.1. The number of hydrogen-bond donors (Lipinski definition) is 3. The molecule has 1 fully saturated rings. The monoisotopic (exact) mass is 522 g/mol. The van der Waals surface area contributed by atoms with Crippen LogP contribution in [0.4, 0.5) is 10.5 Å². The maximum Gasteiger partial charge on any atom is 0.317 e. The second kappa shape index (κ2) is 11.4. The number of aromatic nitrogens is 1. The van der Waals surface area contributed by atoms with Gasteiger partial charge in [-0.1, -0.05) is 34.9 Å². The SMILES string of the molecule is O=C(Nc1cc(Cl)c(O)c(Cl)c1)c1csc(C2CCN(C(=O)NCCC3=CCCCC3)CC2)n1. The van der Waals surface area contributed by atoms with E-state index in [0.29, 0.717) is 31.0 Å². The number of carbonyl (C=O) groups is 2. The fourth-order valence-electron chi connectivity index (χ4n) is 4.32. The average Bonchev–Trinajstić information content (AvgIpc) is 3.34. The highest BCUT2D eigenvalue weighted by Gasteiger charge is 2.26. The highest BCUT2D eigenvalue weighted by molar-refractivity contribution is 7.10. The van der Waals surface area contributed by atoms with Crippen molar-refractivity contribution in [3.8, 4) is 5.75 Å². The van der Waals surface area contributed by atoms with Gasteiger partial charge in [-0.25, -0.2) is 9.78 Å². The average molecular weight is 523 g/mol. The Morgan fingerprint density at radius 2 is 1.91 bits per heavy atom. The topological polar surface area (TPSA) is 94.6 Å². The number of phenols is 1. The predicted octanol–water partition coefficient (Wildman–Crippen LogP) is 6.19. The number of nitrogens with zero attached hydrogens (tertiary/aromatic N) is 2. The minimum Gasteiger partial charge on any atom is -0.505 e. The highest BCUT2D eigenvalue weighted by atomic mass is 35.5. The van der Waals surface area contributed by atoms with Gasteiger partial charge in [0.2, 0.25) is 0 Å². The Kier molecular flexibility index (Phi) is 8.34. The molecule has 0 atom stereocenters. The van der Waals surface area contributed by atoms with E-state index in [2.05, 4.69) is 21.7 Å². The lowest BCUT2D eigenvalue weighted by Gasteiger charge is -2.31. The van der Waals surface area contributed by atoms with Gasteiger partial charge in [0.25, 0.3) is 5.91 Å². The van der Waals surface area contributed by atoms with Gasteiger partial charge in [0.05, 0.1) is 15.1 Å². The van der Waals surface area contributed by atoms with Crippen molar-refractivity contribution in [2.75, 3.05) is 25.0 Å². The Labute approximate surface area is 213 Å². The number of phenolic OH excluding ortho intramolecular Hbond substituents is 1. The number of benzene rings is 1. The molecule has 0 spiro atoms. The first-order valence-electron chi connectivity index (χ1n) is 11.6. The first-order chi connectivity index (χ1) is 16.4. The minimum atomic E-state index is -0.370. The molecule has 0 radical (unpaired) electrons. The van der Waals surface area contributed by atoms with Crippen molar-refractivity contribution >= 4 is 52.2 Å². The number of hydrogen-bond acceptors (Lipinski definition) is 5. The summed E-state index contributed by atoms with van der Waals surface area (Å²) < 4.78 is 0. The van der Waals surface area contributed by atoms with Gasteiger partial charge in [0.1, 0.15) is 5.69 Å². The molecule has 4 rings (SSSR count). The molecule has 0 bridgehead atoms. The summed E-state index contributed by atoms with van der Waals surface area (Å²) in [5.41, 5.74) is 2.16. The van der Waals surface area contributed by atoms with Crippen LogP contribution in [0.3, 0.4) is 0 Å². The Hall–Kier alpha value is -2.29. The van der Waals surface area contributed by atoms with E-state index in [-0.39, 0.29) is 33.7 Å². The van der Waals surface area contributed by atoms with E-state index in [9.17, 15) is 14.7 Å². The molecule has 0 saturated carbocycles. The molecule has 1 aliphatic heterocycles. The van der Waals surface area contributed by atoms with Crippen LogP contribution in [0.2, 0.25) is 10.0 Å². The van der Waals surface area contributed by atoms with Crippen LogP contribution in [0.5, 0.6) is 5.75 Å². The van der Waals surface area contributed by atoms with Crippen molar-refractivity contribution < 1.29 is 14.7 Å². The van der Waals surface area contributed by atoms with Gasteiger partial charge in [0.15, 0.2) is 5.75 Å². The van der Waals surface area contributed by atoms with Crippen molar-refractivity contribution in [3.63, 3.8) is 0 Å². The number of thiazole rings is 1. The quantitative estimate of drug-likeness (QED) is 0.311. The number of urea groups is 1. The smallest absolute Gasteiger partial charge is 0.317 e. The zero-order valence-corrected chi connectivity index (χ0v) is 21.1. The van der Waals surface area contributed by atoms with Crippen LogP contribution in [0.1, 0.15) is 66.4 Å². The molecule has 1 aromatic heterocycles. The van der Waals surface area contributed by atoms with E-state index in [1.165, 1.54) is 41.9 Å². The molecular formula is C24H28Cl2N4O3S. The molecule has 2 aliphatic rings. The number of carbonyl (C=O) groups excluding carboxylic acids is 2. The summed E-state index contributed by atoms with van der Waals surface area (Å²) >= 11 is 13.3. The molecule has 0 unspecified atom stereocenters. The highest BCUT2D eigenvalue weighted by Crippen LogP contribution is 2.35. The lowest BCUT2D eigenvalue weighted by atomic mass is 9.97. The molecule has 10 heteroatoms. The van der Waals surface area contributed by atoms with E-state index in [4.69, 9.17) is 23.2 Å². The predicted molar refractivity (Wildman–Crippen MR) is 136 cm³/mol. The Morgan fingerprint density at radius 1 is 1.18 bits per heavy atom. The van der Waals surface area contributed by atoms with Gasteiger partial charge in [0, 0.05) is 36.6 Å². The molecule has 34 heavy (non-hydrogen) atoms. The Balaban J connectivity index is 1.25. The van der Waals surface area contributed by atoms with Crippen LogP contribution in [-0.2, 0) is 0 Å². The fourth-order valence-corrected chi connectivity index (χ4v) is 5.77. The molecule has 2 aromatic rings. The number of amides is 3. The lowest BCUT2D eigenvalue weighted by Crippen LogP contribution is -2.44. The summed E-state index contributed by atoms with van der Waals surface area (Å²) in [5.74, 6) is -0.371. The van der Waals surface area contributed by atoms with Gasteiger partial charge >= 0.3 is 6.03 Å². The third-order valence-corrected chi connectivity index (χ3v) is 7.85. The van der Waals surface area contributed by atoms with E-state index in [0.717, 1.165) is 37.1 Å². The van der Waals surface area contributed by atoms with Crippen LogP contribution in [-0.4, -0.2) is 46.6 Å². The zero-order valence-electron chi connectivity index (χ0n) is 18.8. The van der Waals surface area contributed by atoms with Gasteiger partial charge in [-0.3, -0.25) is 4.79 Å². The number of piperidine rings is 1. The summed E-state index contributed by atoms with van der Waals surface area (Å²) in [7, 11) is 0. The number of halogens is 2. The number of aromatic hydroxyl groups is 1. The molecule has 1 saturated heterocycles. The largest absolute Gasteiger partial charge is 0.505 e. The molecule has 1 aliphatic carbocycles. The second-order valence-corrected chi connectivity index (χ2v) is 10.4. The summed E-state index contributed by atoms with van der Waals surface area (Å²) in [5, 5.41) is 18.2. The van der Waals surface area contributed by atoms with Crippen molar-refractivity contribution in [1.29, 1.82) is 0 Å². The van der Waals surface area contributed by atoms with Crippen LogP contribution >= 0.6 is 34.5 Å². The Bertz CT molecular complexity index is 1060. The second-order valence-electron chi connectivity index (χ2n) is 8.67. The first kappa shape index (κ1) is 24.8. The standard InChI is InChI=1S/C24H28Cl2N4O3S/c25-18-12-17(13-19(26)21(18)31)28-22(32)20-14-34-23(29-20)16-7-10-30(11-8-16)24(33)27-9-6-15-4-2-1-3-5-15/h4,12-14,16,31H,1-3,5-11H2,(H,27,33)(H,28,32). The maximum atomic E-state index is 12.6. The fraction of sp³-hybridized carbons (Fsp3) is 0.458. The van der Waals surface area contributed by atoms with Crippen molar-refractivity contribution in [2.24, 2.45) is 0 Å². The van der Waals surface area contributed by atoms with E-state index < -0.39 is 0 Å². The van der Waals surface area contributed by atoms with Gasteiger partial charge in [-0.2, -0.15) is 0 Å². The summed E-state index contributed by atoms with van der Waals surface area (Å²) in [4.78, 5) is 31.5. The molecule has 3 N–H and O–H groups in total. The van der Waals surface area contributed by atoms with Crippen molar-refractivity contribution in [1.82, 2.24) is 15.2 Å². The molecule has 3 amide bonds. The molecule has 2 heterocycles.